The summed E-state index contributed by atoms with van der Waals surface area (Å²) in [6.07, 6.45) is 4.72. The zero-order chi connectivity index (χ0) is 14.7. The number of nitro groups is 1. The minimum absolute atomic E-state index is 0.00261. The van der Waals surface area contributed by atoms with Gasteiger partial charge in [-0.1, -0.05) is 0 Å². The second-order valence-corrected chi connectivity index (χ2v) is 5.90. The van der Waals surface area contributed by atoms with Crippen LogP contribution in [0.5, 0.6) is 0 Å². The second kappa shape index (κ2) is 6.21. The Hall–Kier alpha value is -1.63. The van der Waals surface area contributed by atoms with Crippen LogP contribution in [0.3, 0.4) is 0 Å². The van der Waals surface area contributed by atoms with Gasteiger partial charge >= 0.3 is 0 Å². The van der Waals surface area contributed by atoms with Crippen molar-refractivity contribution in [3.63, 3.8) is 0 Å². The van der Waals surface area contributed by atoms with Crippen molar-refractivity contribution in [1.82, 2.24) is 5.32 Å². The van der Waals surface area contributed by atoms with Crippen LogP contribution in [0.2, 0.25) is 0 Å². The van der Waals surface area contributed by atoms with Crippen molar-refractivity contribution in [1.29, 1.82) is 0 Å². The standard InChI is InChI=1S/C13H15FN2O3S/c1-20-10-4-3-9(7-10)15-13(17)11-6-8(14)2-5-12(11)16(18)19/h2,5-6,9-10H,3-4,7H2,1H3,(H,15,17). The number of nitrogens with one attached hydrogen (secondary N) is 1. The van der Waals surface area contributed by atoms with Crippen LogP contribution in [-0.2, 0) is 0 Å². The first-order chi connectivity index (χ1) is 9.51. The van der Waals surface area contributed by atoms with E-state index in [0.29, 0.717) is 5.25 Å². The van der Waals surface area contributed by atoms with E-state index in [2.05, 4.69) is 5.32 Å². The number of thioether (sulfide) groups is 1. The first-order valence-corrected chi connectivity index (χ1v) is 7.57. The molecule has 1 saturated carbocycles. The fraction of sp³-hybridized carbons (Fsp3) is 0.462. The minimum atomic E-state index is -0.673. The van der Waals surface area contributed by atoms with Gasteiger partial charge in [0.2, 0.25) is 0 Å². The molecule has 1 aromatic rings. The van der Waals surface area contributed by atoms with Crippen LogP contribution in [0.15, 0.2) is 18.2 Å². The molecule has 1 aliphatic rings. The van der Waals surface area contributed by atoms with E-state index in [-0.39, 0.29) is 17.3 Å². The van der Waals surface area contributed by atoms with Crippen LogP contribution < -0.4 is 5.32 Å². The van der Waals surface area contributed by atoms with E-state index < -0.39 is 16.6 Å². The van der Waals surface area contributed by atoms with Gasteiger partial charge in [0.15, 0.2) is 0 Å². The summed E-state index contributed by atoms with van der Waals surface area (Å²) in [4.78, 5) is 22.3. The van der Waals surface area contributed by atoms with E-state index in [1.165, 1.54) is 0 Å². The number of amides is 1. The molecular formula is C13H15FN2O3S. The van der Waals surface area contributed by atoms with Crippen LogP contribution in [0.25, 0.3) is 0 Å². The van der Waals surface area contributed by atoms with Gasteiger partial charge in [-0.25, -0.2) is 4.39 Å². The van der Waals surface area contributed by atoms with Crippen molar-refractivity contribution < 1.29 is 14.1 Å². The average molecular weight is 298 g/mol. The number of hydrogen-bond acceptors (Lipinski definition) is 4. The number of nitro benzene ring substituents is 1. The van der Waals surface area contributed by atoms with Crippen LogP contribution in [0, 0.1) is 15.9 Å². The number of benzene rings is 1. The summed E-state index contributed by atoms with van der Waals surface area (Å²) in [6.45, 7) is 0. The van der Waals surface area contributed by atoms with E-state index in [0.717, 1.165) is 37.5 Å². The molecular weight excluding hydrogens is 283 g/mol. The molecule has 0 aliphatic heterocycles. The van der Waals surface area contributed by atoms with Gasteiger partial charge in [0.05, 0.1) is 4.92 Å². The molecule has 1 aromatic carbocycles. The Balaban J connectivity index is 2.13. The Morgan fingerprint density at radius 1 is 1.50 bits per heavy atom. The molecule has 0 bridgehead atoms. The highest BCUT2D eigenvalue weighted by Crippen LogP contribution is 2.29. The Kier molecular flexibility index (Phi) is 4.59. The van der Waals surface area contributed by atoms with E-state index in [1.54, 1.807) is 11.8 Å². The molecule has 1 amide bonds. The normalized spacial score (nSPS) is 21.7. The lowest BCUT2D eigenvalue weighted by atomic mass is 10.1. The average Bonchev–Trinajstić information content (AvgIpc) is 2.85. The molecule has 0 heterocycles. The second-order valence-electron chi connectivity index (χ2n) is 4.76. The molecule has 0 saturated heterocycles. The summed E-state index contributed by atoms with van der Waals surface area (Å²) < 4.78 is 13.2. The summed E-state index contributed by atoms with van der Waals surface area (Å²) in [5, 5.41) is 14.1. The molecule has 108 valence electrons. The number of halogens is 1. The summed E-state index contributed by atoms with van der Waals surface area (Å²) >= 11 is 1.75. The van der Waals surface area contributed by atoms with E-state index in [9.17, 15) is 19.3 Å². The zero-order valence-electron chi connectivity index (χ0n) is 11.0. The fourth-order valence-electron chi connectivity index (χ4n) is 2.40. The Bertz CT molecular complexity index is 538. The maximum atomic E-state index is 13.2. The third-order valence-corrected chi connectivity index (χ3v) is 4.55. The molecule has 0 spiro atoms. The van der Waals surface area contributed by atoms with E-state index >= 15 is 0 Å². The summed E-state index contributed by atoms with van der Waals surface area (Å²) in [7, 11) is 0. The van der Waals surface area contributed by atoms with Crippen LogP contribution in [-0.4, -0.2) is 28.4 Å². The Morgan fingerprint density at radius 2 is 2.25 bits per heavy atom. The Morgan fingerprint density at radius 3 is 2.85 bits per heavy atom. The molecule has 1 aliphatic carbocycles. The lowest BCUT2D eigenvalue weighted by Crippen LogP contribution is -2.33. The molecule has 2 rings (SSSR count). The van der Waals surface area contributed by atoms with E-state index in [4.69, 9.17) is 0 Å². The van der Waals surface area contributed by atoms with Gasteiger partial charge in [-0.15, -0.1) is 0 Å². The number of carbonyl (C=O) groups excluding carboxylic acids is 1. The molecule has 5 nitrogen and oxygen atoms in total. The lowest BCUT2D eigenvalue weighted by Gasteiger charge is -2.13. The topological polar surface area (TPSA) is 72.2 Å². The van der Waals surface area contributed by atoms with Crippen molar-refractivity contribution in [3.05, 3.63) is 39.7 Å². The van der Waals surface area contributed by atoms with Gasteiger partial charge in [0.25, 0.3) is 11.6 Å². The van der Waals surface area contributed by atoms with Gasteiger partial charge in [-0.3, -0.25) is 14.9 Å². The minimum Gasteiger partial charge on any atom is -0.349 e. The molecule has 0 radical (unpaired) electrons. The lowest BCUT2D eigenvalue weighted by molar-refractivity contribution is -0.385. The van der Waals surface area contributed by atoms with Crippen LogP contribution >= 0.6 is 11.8 Å². The third kappa shape index (κ3) is 3.27. The van der Waals surface area contributed by atoms with Crippen molar-refractivity contribution >= 4 is 23.4 Å². The number of hydrogen-bond donors (Lipinski definition) is 1. The van der Waals surface area contributed by atoms with Gasteiger partial charge in [0.1, 0.15) is 11.4 Å². The number of rotatable bonds is 4. The predicted octanol–water partition coefficient (Wildman–Crippen LogP) is 2.75. The maximum Gasteiger partial charge on any atom is 0.282 e. The van der Waals surface area contributed by atoms with Crippen molar-refractivity contribution in [2.45, 2.75) is 30.6 Å². The largest absolute Gasteiger partial charge is 0.349 e. The molecule has 20 heavy (non-hydrogen) atoms. The van der Waals surface area contributed by atoms with Crippen molar-refractivity contribution in [2.75, 3.05) is 6.26 Å². The zero-order valence-corrected chi connectivity index (χ0v) is 11.8. The third-order valence-electron chi connectivity index (χ3n) is 3.45. The molecule has 0 aromatic heterocycles. The fourth-order valence-corrected chi connectivity index (χ4v) is 3.19. The summed E-state index contributed by atoms with van der Waals surface area (Å²) in [5.41, 5.74) is -0.592. The molecule has 2 unspecified atom stereocenters. The molecule has 1 fully saturated rings. The summed E-state index contributed by atoms with van der Waals surface area (Å²) in [5.74, 6) is -1.24. The highest BCUT2D eigenvalue weighted by atomic mass is 32.2. The van der Waals surface area contributed by atoms with Gasteiger partial charge in [0, 0.05) is 17.4 Å². The SMILES string of the molecule is CSC1CCC(NC(=O)c2cc(F)ccc2[N+](=O)[O-])C1. The first kappa shape index (κ1) is 14.8. The first-order valence-electron chi connectivity index (χ1n) is 6.29. The maximum absolute atomic E-state index is 13.2. The monoisotopic (exact) mass is 298 g/mol. The van der Waals surface area contributed by atoms with Gasteiger partial charge < -0.3 is 5.32 Å². The highest BCUT2D eigenvalue weighted by molar-refractivity contribution is 7.99. The van der Waals surface area contributed by atoms with Crippen LogP contribution in [0.4, 0.5) is 10.1 Å². The van der Waals surface area contributed by atoms with Crippen molar-refractivity contribution in [2.24, 2.45) is 0 Å². The van der Waals surface area contributed by atoms with Gasteiger partial charge in [-0.05, 0) is 37.7 Å². The molecule has 1 N–H and O–H groups in total. The van der Waals surface area contributed by atoms with Gasteiger partial charge in [-0.2, -0.15) is 11.8 Å². The van der Waals surface area contributed by atoms with Crippen LogP contribution in [0.1, 0.15) is 29.6 Å². The summed E-state index contributed by atoms with van der Waals surface area (Å²) in [6, 6.07) is 2.91. The smallest absolute Gasteiger partial charge is 0.282 e. The van der Waals surface area contributed by atoms with Crippen molar-refractivity contribution in [3.8, 4) is 0 Å². The molecule has 2 atom stereocenters. The molecule has 7 heteroatoms. The highest BCUT2D eigenvalue weighted by Gasteiger charge is 2.28. The number of carbonyl (C=O) groups is 1. The predicted molar refractivity (Wildman–Crippen MR) is 75.5 cm³/mol. The Labute approximate surface area is 120 Å². The quantitative estimate of drug-likeness (QED) is 0.685. The number of nitrogens with zero attached hydrogens (tertiary/aromatic N) is 1. The van der Waals surface area contributed by atoms with E-state index in [1.807, 2.05) is 6.26 Å².